The molecular formula is C15H21N5O2. The summed E-state index contributed by atoms with van der Waals surface area (Å²) in [7, 11) is 2.01. The van der Waals surface area contributed by atoms with Gasteiger partial charge >= 0.3 is 0 Å². The van der Waals surface area contributed by atoms with Crippen molar-refractivity contribution in [2.24, 2.45) is 0 Å². The Balaban J connectivity index is 1.54. The average Bonchev–Trinajstić information content (AvgIpc) is 2.93. The van der Waals surface area contributed by atoms with Gasteiger partial charge in [0.1, 0.15) is 5.76 Å². The van der Waals surface area contributed by atoms with Crippen molar-refractivity contribution in [2.75, 3.05) is 38.2 Å². The van der Waals surface area contributed by atoms with Gasteiger partial charge in [-0.05, 0) is 19.1 Å². The van der Waals surface area contributed by atoms with Gasteiger partial charge in [-0.2, -0.15) is 5.10 Å². The van der Waals surface area contributed by atoms with Gasteiger partial charge in [0.2, 0.25) is 0 Å². The molecule has 2 aromatic heterocycles. The maximum atomic E-state index is 5.87. The molecule has 1 fully saturated rings. The van der Waals surface area contributed by atoms with Crippen molar-refractivity contribution in [1.82, 2.24) is 20.3 Å². The van der Waals surface area contributed by atoms with E-state index < -0.39 is 0 Å². The molecule has 3 heterocycles. The van der Waals surface area contributed by atoms with Gasteiger partial charge in [0.25, 0.3) is 0 Å². The van der Waals surface area contributed by atoms with Crippen LogP contribution >= 0.6 is 0 Å². The van der Waals surface area contributed by atoms with E-state index in [1.807, 2.05) is 32.2 Å². The topological polar surface area (TPSA) is 67.5 Å². The van der Waals surface area contributed by atoms with E-state index in [9.17, 15) is 0 Å². The zero-order chi connectivity index (χ0) is 15.4. The molecule has 7 nitrogen and oxygen atoms in total. The first kappa shape index (κ1) is 14.9. The summed E-state index contributed by atoms with van der Waals surface area (Å²) < 4.78 is 11.0. The molecule has 1 atom stereocenters. The van der Waals surface area contributed by atoms with E-state index in [0.29, 0.717) is 0 Å². The van der Waals surface area contributed by atoms with E-state index in [1.165, 1.54) is 0 Å². The first-order valence-corrected chi connectivity index (χ1v) is 7.45. The Morgan fingerprint density at radius 1 is 1.45 bits per heavy atom. The molecule has 1 aliphatic rings. The highest BCUT2D eigenvalue weighted by atomic mass is 16.5. The lowest BCUT2D eigenvalue weighted by Gasteiger charge is -2.34. The molecule has 0 aromatic carbocycles. The minimum atomic E-state index is 0.147. The van der Waals surface area contributed by atoms with Crippen LogP contribution in [0, 0.1) is 6.92 Å². The van der Waals surface area contributed by atoms with Gasteiger partial charge in [-0.15, -0.1) is 5.10 Å². The number of hydrogen-bond donors (Lipinski definition) is 0. The van der Waals surface area contributed by atoms with Gasteiger partial charge in [-0.25, -0.2) is 0 Å². The van der Waals surface area contributed by atoms with Crippen molar-refractivity contribution in [3.05, 3.63) is 35.9 Å². The number of nitrogens with zero attached hydrogens (tertiary/aromatic N) is 5. The molecular weight excluding hydrogens is 282 g/mol. The van der Waals surface area contributed by atoms with Gasteiger partial charge < -0.3 is 14.2 Å². The summed E-state index contributed by atoms with van der Waals surface area (Å²) in [5, 5.41) is 12.1. The first-order chi connectivity index (χ1) is 10.7. The standard InChI is InChI=1S/C15H21N5O2/c1-12-8-13(18-22-12)9-20-6-7-21-14(11-20)10-19(2)15-4-3-5-16-17-15/h3-5,8,14H,6-7,9-11H2,1-2H3/t14-/m0/s1. The second kappa shape index (κ2) is 6.85. The summed E-state index contributed by atoms with van der Waals surface area (Å²) in [6.07, 6.45) is 1.82. The Bertz CT molecular complexity index is 589. The third kappa shape index (κ3) is 3.80. The zero-order valence-corrected chi connectivity index (χ0v) is 13.0. The van der Waals surface area contributed by atoms with Crippen LogP contribution in [0.2, 0.25) is 0 Å². The van der Waals surface area contributed by atoms with Crippen LogP contribution in [0.1, 0.15) is 11.5 Å². The van der Waals surface area contributed by atoms with Crippen LogP contribution in [0.25, 0.3) is 0 Å². The van der Waals surface area contributed by atoms with E-state index >= 15 is 0 Å². The molecule has 1 aliphatic heterocycles. The summed E-state index contributed by atoms with van der Waals surface area (Å²) >= 11 is 0. The van der Waals surface area contributed by atoms with Crippen molar-refractivity contribution >= 4 is 5.82 Å². The summed E-state index contributed by atoms with van der Waals surface area (Å²) in [4.78, 5) is 4.41. The highest BCUT2D eigenvalue weighted by molar-refractivity contribution is 5.35. The normalized spacial score (nSPS) is 19.3. The third-order valence-electron chi connectivity index (χ3n) is 3.71. The van der Waals surface area contributed by atoms with Crippen molar-refractivity contribution in [3.63, 3.8) is 0 Å². The van der Waals surface area contributed by atoms with Crippen LogP contribution in [-0.4, -0.2) is 59.6 Å². The first-order valence-electron chi connectivity index (χ1n) is 7.45. The molecule has 3 rings (SSSR count). The molecule has 0 saturated carbocycles. The van der Waals surface area contributed by atoms with Crippen LogP contribution in [0.4, 0.5) is 5.82 Å². The maximum absolute atomic E-state index is 5.87. The van der Waals surface area contributed by atoms with Crippen molar-refractivity contribution in [3.8, 4) is 0 Å². The second-order valence-electron chi connectivity index (χ2n) is 5.62. The summed E-state index contributed by atoms with van der Waals surface area (Å²) in [5.74, 6) is 1.71. The van der Waals surface area contributed by atoms with E-state index in [0.717, 1.165) is 50.1 Å². The van der Waals surface area contributed by atoms with Crippen molar-refractivity contribution < 1.29 is 9.26 Å². The molecule has 2 aromatic rings. The Morgan fingerprint density at radius 2 is 2.36 bits per heavy atom. The average molecular weight is 303 g/mol. The number of aromatic nitrogens is 3. The zero-order valence-electron chi connectivity index (χ0n) is 13.0. The fourth-order valence-corrected chi connectivity index (χ4v) is 2.65. The highest BCUT2D eigenvalue weighted by Crippen LogP contribution is 2.13. The summed E-state index contributed by atoms with van der Waals surface area (Å²) in [6.45, 7) is 6.01. The highest BCUT2D eigenvalue weighted by Gasteiger charge is 2.23. The Hall–Kier alpha value is -1.99. The number of aryl methyl sites for hydroxylation is 1. The predicted octanol–water partition coefficient (Wildman–Crippen LogP) is 1.11. The van der Waals surface area contributed by atoms with Gasteiger partial charge in [0.05, 0.1) is 18.4 Å². The van der Waals surface area contributed by atoms with Crippen molar-refractivity contribution in [2.45, 2.75) is 19.6 Å². The summed E-state index contributed by atoms with van der Waals surface area (Å²) in [6, 6.07) is 5.82. The number of likely N-dealkylation sites (N-methyl/N-ethyl adjacent to an activating group) is 1. The fraction of sp³-hybridized carbons (Fsp3) is 0.533. The minimum Gasteiger partial charge on any atom is -0.374 e. The van der Waals surface area contributed by atoms with Crippen LogP contribution in [0.15, 0.2) is 28.9 Å². The van der Waals surface area contributed by atoms with Crippen LogP contribution in [-0.2, 0) is 11.3 Å². The Kier molecular flexibility index (Phi) is 4.65. The van der Waals surface area contributed by atoms with E-state index in [4.69, 9.17) is 9.26 Å². The monoisotopic (exact) mass is 303 g/mol. The molecule has 0 aliphatic carbocycles. The maximum Gasteiger partial charge on any atom is 0.151 e. The smallest absolute Gasteiger partial charge is 0.151 e. The Morgan fingerprint density at radius 3 is 3.09 bits per heavy atom. The molecule has 7 heteroatoms. The lowest BCUT2D eigenvalue weighted by atomic mass is 10.2. The lowest BCUT2D eigenvalue weighted by molar-refractivity contribution is -0.0270. The van der Waals surface area contributed by atoms with Gasteiger partial charge in [0.15, 0.2) is 5.82 Å². The number of hydrogen-bond acceptors (Lipinski definition) is 7. The fourth-order valence-electron chi connectivity index (χ4n) is 2.65. The molecule has 0 unspecified atom stereocenters. The predicted molar refractivity (Wildman–Crippen MR) is 81.6 cm³/mol. The summed E-state index contributed by atoms with van der Waals surface area (Å²) in [5.41, 5.74) is 0.973. The molecule has 0 N–H and O–H groups in total. The molecule has 118 valence electrons. The molecule has 0 bridgehead atoms. The van der Waals surface area contributed by atoms with E-state index in [1.54, 1.807) is 6.20 Å². The number of morpholine rings is 1. The van der Waals surface area contributed by atoms with Gasteiger partial charge in [-0.3, -0.25) is 4.90 Å². The molecule has 22 heavy (non-hydrogen) atoms. The molecule has 0 spiro atoms. The number of ether oxygens (including phenoxy) is 1. The number of anilines is 1. The third-order valence-corrected chi connectivity index (χ3v) is 3.71. The quantitative estimate of drug-likeness (QED) is 0.819. The van der Waals surface area contributed by atoms with Crippen LogP contribution < -0.4 is 4.90 Å². The Labute approximate surface area is 129 Å². The molecule has 0 radical (unpaired) electrons. The van der Waals surface area contributed by atoms with Crippen LogP contribution in [0.5, 0.6) is 0 Å². The largest absolute Gasteiger partial charge is 0.374 e. The van der Waals surface area contributed by atoms with Gasteiger partial charge in [-0.1, -0.05) is 5.16 Å². The second-order valence-corrected chi connectivity index (χ2v) is 5.62. The van der Waals surface area contributed by atoms with E-state index in [-0.39, 0.29) is 6.10 Å². The molecule has 0 amide bonds. The van der Waals surface area contributed by atoms with Gasteiger partial charge in [0, 0.05) is 45.5 Å². The minimum absolute atomic E-state index is 0.147. The lowest BCUT2D eigenvalue weighted by Crippen LogP contribution is -2.46. The van der Waals surface area contributed by atoms with Crippen molar-refractivity contribution in [1.29, 1.82) is 0 Å². The molecule has 1 saturated heterocycles. The van der Waals surface area contributed by atoms with Crippen LogP contribution in [0.3, 0.4) is 0 Å². The number of rotatable bonds is 5. The van der Waals surface area contributed by atoms with E-state index in [2.05, 4.69) is 25.2 Å². The SMILES string of the molecule is Cc1cc(CN2CCO[C@@H](CN(C)c3cccnn3)C2)no1.